The number of hydrogen-bond acceptors (Lipinski definition) is 4. The van der Waals surface area contributed by atoms with Crippen molar-refractivity contribution in [1.29, 1.82) is 0 Å². The topological polar surface area (TPSA) is 44.8 Å². The van der Waals surface area contributed by atoms with Gasteiger partial charge in [-0.3, -0.25) is 0 Å². The van der Waals surface area contributed by atoms with E-state index in [9.17, 15) is 4.79 Å². The van der Waals surface area contributed by atoms with Gasteiger partial charge in [0.1, 0.15) is 17.2 Å². The molecule has 0 amide bonds. The fourth-order valence-electron chi connectivity index (χ4n) is 3.09. The van der Waals surface area contributed by atoms with E-state index < -0.39 is 5.97 Å². The van der Waals surface area contributed by atoms with E-state index in [1.165, 1.54) is 0 Å². The maximum absolute atomic E-state index is 12.5. The van der Waals surface area contributed by atoms with E-state index in [2.05, 4.69) is 20.4 Å². The number of carbonyl (C=O) groups excluding carboxylic acids is 1. The van der Waals surface area contributed by atoms with Gasteiger partial charge in [-0.1, -0.05) is 50.6 Å². The lowest BCUT2D eigenvalue weighted by Gasteiger charge is -2.11. The maximum Gasteiger partial charge on any atom is 0.343 e. The first-order chi connectivity index (χ1) is 16.1. The number of carbonyl (C=O) groups is 1. The van der Waals surface area contributed by atoms with Crippen molar-refractivity contribution in [3.05, 3.63) is 91.0 Å². The van der Waals surface area contributed by atoms with Crippen LogP contribution < -0.4 is 14.2 Å². The molecule has 4 heteroatoms. The molecule has 0 saturated carbocycles. The Kier molecular flexibility index (Phi) is 9.13. The molecule has 0 radical (unpaired) electrons. The van der Waals surface area contributed by atoms with E-state index in [1.54, 1.807) is 24.3 Å². The van der Waals surface area contributed by atoms with Crippen molar-refractivity contribution in [3.8, 4) is 28.4 Å². The van der Waals surface area contributed by atoms with Crippen LogP contribution in [0.1, 0.15) is 43.5 Å². The Labute approximate surface area is 196 Å². The third-order valence-electron chi connectivity index (χ3n) is 5.40. The van der Waals surface area contributed by atoms with E-state index in [1.807, 2.05) is 54.6 Å². The van der Waals surface area contributed by atoms with Crippen LogP contribution in [0.5, 0.6) is 17.2 Å². The van der Waals surface area contributed by atoms with Crippen molar-refractivity contribution in [3.63, 3.8) is 0 Å². The van der Waals surface area contributed by atoms with Gasteiger partial charge in [-0.25, -0.2) is 4.79 Å². The van der Waals surface area contributed by atoms with E-state index in [0.29, 0.717) is 30.4 Å². The molecule has 0 aromatic heterocycles. The maximum atomic E-state index is 12.5. The van der Waals surface area contributed by atoms with E-state index >= 15 is 0 Å². The summed E-state index contributed by atoms with van der Waals surface area (Å²) in [5.74, 6) is 2.22. The molecule has 0 aliphatic rings. The van der Waals surface area contributed by atoms with Crippen LogP contribution in [0.25, 0.3) is 11.1 Å². The number of rotatable bonds is 12. The van der Waals surface area contributed by atoms with E-state index in [4.69, 9.17) is 14.2 Å². The molecule has 0 aliphatic heterocycles. The summed E-state index contributed by atoms with van der Waals surface area (Å²) in [4.78, 5) is 12.5. The van der Waals surface area contributed by atoms with Crippen molar-refractivity contribution < 1.29 is 19.0 Å². The van der Waals surface area contributed by atoms with Gasteiger partial charge in [0, 0.05) is 0 Å². The minimum atomic E-state index is -0.391. The molecular formula is C29H32O4. The second-order valence-corrected chi connectivity index (χ2v) is 8.07. The Hall–Kier alpha value is -3.53. The van der Waals surface area contributed by atoms with Crippen LogP contribution in [0, 0.1) is 5.92 Å². The molecule has 0 saturated heterocycles. The van der Waals surface area contributed by atoms with E-state index in [-0.39, 0.29) is 0 Å². The smallest absolute Gasteiger partial charge is 0.343 e. The van der Waals surface area contributed by atoms with Crippen LogP contribution in [0.4, 0.5) is 0 Å². The zero-order valence-electron chi connectivity index (χ0n) is 19.5. The highest BCUT2D eigenvalue weighted by Gasteiger charge is 2.10. The normalized spacial score (nSPS) is 11.5. The van der Waals surface area contributed by atoms with Crippen molar-refractivity contribution in [1.82, 2.24) is 0 Å². The lowest BCUT2D eigenvalue weighted by atomic mass is 10.0. The molecule has 1 atom stereocenters. The first-order valence-corrected chi connectivity index (χ1v) is 11.5. The minimum absolute atomic E-state index is 0.391. The second-order valence-electron chi connectivity index (χ2n) is 8.07. The minimum Gasteiger partial charge on any atom is -0.494 e. The van der Waals surface area contributed by atoms with Crippen molar-refractivity contribution in [2.75, 3.05) is 13.2 Å². The summed E-state index contributed by atoms with van der Waals surface area (Å²) in [7, 11) is 0. The quantitative estimate of drug-likeness (QED) is 0.127. The van der Waals surface area contributed by atoms with Gasteiger partial charge >= 0.3 is 5.97 Å². The van der Waals surface area contributed by atoms with Gasteiger partial charge in [-0.2, -0.15) is 0 Å². The Morgan fingerprint density at radius 3 is 2.00 bits per heavy atom. The summed E-state index contributed by atoms with van der Waals surface area (Å²) in [5, 5.41) is 0. The standard InChI is InChI=1S/C29H32O4/c1-4-6-7-20-31-26-14-12-24(13-15-26)23-8-10-25(11-9-23)29(30)33-28-18-16-27(17-19-28)32-21-22(3)5-2/h4,8-19,22H,1,5-7,20-21H2,2-3H3. The predicted molar refractivity (Wildman–Crippen MR) is 133 cm³/mol. The lowest BCUT2D eigenvalue weighted by molar-refractivity contribution is 0.0734. The van der Waals surface area contributed by atoms with Crippen LogP contribution in [-0.4, -0.2) is 19.2 Å². The fourth-order valence-corrected chi connectivity index (χ4v) is 3.09. The molecular weight excluding hydrogens is 412 g/mol. The molecule has 3 aromatic rings. The Bertz CT molecular complexity index is 1000. The Morgan fingerprint density at radius 2 is 1.39 bits per heavy atom. The zero-order chi connectivity index (χ0) is 23.5. The molecule has 1 unspecified atom stereocenters. The highest BCUT2D eigenvalue weighted by Crippen LogP contribution is 2.24. The first-order valence-electron chi connectivity index (χ1n) is 11.5. The fraction of sp³-hybridized carbons (Fsp3) is 0.276. The number of allylic oxidation sites excluding steroid dienone is 1. The third-order valence-corrected chi connectivity index (χ3v) is 5.40. The highest BCUT2D eigenvalue weighted by atomic mass is 16.5. The summed E-state index contributed by atoms with van der Waals surface area (Å²) in [6, 6.07) is 22.5. The molecule has 0 heterocycles. The summed E-state index contributed by atoms with van der Waals surface area (Å²) in [5.41, 5.74) is 2.58. The number of hydrogen-bond donors (Lipinski definition) is 0. The van der Waals surface area contributed by atoms with Gasteiger partial charge < -0.3 is 14.2 Å². The third kappa shape index (κ3) is 7.53. The molecule has 0 bridgehead atoms. The number of benzene rings is 3. The van der Waals surface area contributed by atoms with Crippen molar-refractivity contribution in [2.24, 2.45) is 5.92 Å². The van der Waals surface area contributed by atoms with Gasteiger partial charge in [-0.15, -0.1) is 6.58 Å². The van der Waals surface area contributed by atoms with Gasteiger partial charge in [0.15, 0.2) is 0 Å². The molecule has 172 valence electrons. The molecule has 33 heavy (non-hydrogen) atoms. The van der Waals surface area contributed by atoms with Crippen LogP contribution in [0.2, 0.25) is 0 Å². The number of esters is 1. The predicted octanol–water partition coefficient (Wildman–Crippen LogP) is 7.34. The van der Waals surface area contributed by atoms with Gasteiger partial charge in [0.05, 0.1) is 18.8 Å². The van der Waals surface area contributed by atoms with Crippen LogP contribution in [0.15, 0.2) is 85.5 Å². The molecule has 4 nitrogen and oxygen atoms in total. The van der Waals surface area contributed by atoms with Crippen LogP contribution in [0.3, 0.4) is 0 Å². The molecule has 0 fully saturated rings. The summed E-state index contributed by atoms with van der Waals surface area (Å²) in [6.07, 6.45) is 4.88. The van der Waals surface area contributed by atoms with Crippen LogP contribution >= 0.6 is 0 Å². The molecule has 3 aromatic carbocycles. The second kappa shape index (κ2) is 12.5. The lowest BCUT2D eigenvalue weighted by Crippen LogP contribution is -2.09. The van der Waals surface area contributed by atoms with Crippen molar-refractivity contribution >= 4 is 5.97 Å². The van der Waals surface area contributed by atoms with Crippen molar-refractivity contribution in [2.45, 2.75) is 33.1 Å². The van der Waals surface area contributed by atoms with E-state index in [0.717, 1.165) is 41.9 Å². The SMILES string of the molecule is C=CCCCOc1ccc(-c2ccc(C(=O)Oc3ccc(OCC(C)CC)cc3)cc2)cc1. The molecule has 0 N–H and O–H groups in total. The largest absolute Gasteiger partial charge is 0.494 e. The van der Waals surface area contributed by atoms with Gasteiger partial charge in [0.25, 0.3) is 0 Å². The Morgan fingerprint density at radius 1 is 0.848 bits per heavy atom. The molecule has 0 spiro atoms. The highest BCUT2D eigenvalue weighted by molar-refractivity contribution is 5.91. The number of ether oxygens (including phenoxy) is 3. The Balaban J connectivity index is 1.54. The van der Waals surface area contributed by atoms with Gasteiger partial charge in [0.2, 0.25) is 0 Å². The average Bonchev–Trinajstić information content (AvgIpc) is 2.86. The molecule has 3 rings (SSSR count). The van der Waals surface area contributed by atoms with Gasteiger partial charge in [-0.05, 0) is 78.4 Å². The summed E-state index contributed by atoms with van der Waals surface area (Å²) in [6.45, 7) is 9.36. The summed E-state index contributed by atoms with van der Waals surface area (Å²) < 4.78 is 17.0. The monoisotopic (exact) mass is 444 g/mol. The molecule has 0 aliphatic carbocycles. The van der Waals surface area contributed by atoms with Crippen LogP contribution in [-0.2, 0) is 0 Å². The average molecular weight is 445 g/mol. The zero-order valence-corrected chi connectivity index (χ0v) is 19.5. The first kappa shape index (κ1) is 24.1. The summed E-state index contributed by atoms with van der Waals surface area (Å²) >= 11 is 0. The number of unbranched alkanes of at least 4 members (excludes halogenated alkanes) is 1.